The van der Waals surface area contributed by atoms with Crippen LogP contribution in [0, 0.1) is 5.92 Å². The molecule has 1 aromatic carbocycles. The average Bonchev–Trinajstić information content (AvgIpc) is 3.22. The number of nitrogens with zero attached hydrogens (tertiary/aromatic N) is 3. The molecule has 1 aromatic heterocycles. The molecule has 30 heavy (non-hydrogen) atoms. The van der Waals surface area contributed by atoms with E-state index in [2.05, 4.69) is 15.7 Å². The molecule has 9 heteroatoms. The smallest absolute Gasteiger partial charge is 0.323 e. The van der Waals surface area contributed by atoms with Crippen LogP contribution in [0.3, 0.4) is 0 Å². The zero-order valence-electron chi connectivity index (χ0n) is 16.7. The number of carbonyl (C=O) groups is 3. The molecule has 1 spiro atoms. The molecule has 4 amide bonds. The van der Waals surface area contributed by atoms with Crippen LogP contribution in [0.15, 0.2) is 36.5 Å². The highest BCUT2D eigenvalue weighted by molar-refractivity contribution is 6.30. The summed E-state index contributed by atoms with van der Waals surface area (Å²) in [5.74, 6) is -0.225. The minimum Gasteiger partial charge on any atom is -0.323 e. The molecule has 2 atom stereocenters. The van der Waals surface area contributed by atoms with Gasteiger partial charge < -0.3 is 10.6 Å². The van der Waals surface area contributed by atoms with Crippen molar-refractivity contribution in [3.63, 3.8) is 0 Å². The summed E-state index contributed by atoms with van der Waals surface area (Å²) < 4.78 is 1.63. The third-order valence-corrected chi connectivity index (χ3v) is 6.24. The van der Waals surface area contributed by atoms with E-state index >= 15 is 0 Å². The topological polar surface area (TPSA) is 96.3 Å². The number of urea groups is 1. The first-order valence-electron chi connectivity index (χ1n) is 10.1. The first-order chi connectivity index (χ1) is 14.4. The fraction of sp³-hybridized carbons (Fsp3) is 0.429. The Morgan fingerprint density at radius 3 is 2.93 bits per heavy atom. The molecule has 2 N–H and O–H groups in total. The minimum atomic E-state index is -0.871. The highest BCUT2D eigenvalue weighted by Gasteiger charge is 2.55. The maximum Gasteiger partial charge on any atom is 0.325 e. The Morgan fingerprint density at radius 2 is 2.17 bits per heavy atom. The molecule has 1 saturated heterocycles. The second kappa shape index (κ2) is 8.10. The average molecular weight is 430 g/mol. The molecule has 158 valence electrons. The highest BCUT2D eigenvalue weighted by atomic mass is 35.5. The number of amides is 4. The monoisotopic (exact) mass is 429 g/mol. The maximum absolute atomic E-state index is 13.0. The number of benzene rings is 1. The first-order valence-corrected chi connectivity index (χ1v) is 10.5. The van der Waals surface area contributed by atoms with E-state index < -0.39 is 17.5 Å². The zero-order chi connectivity index (χ0) is 21.3. The van der Waals surface area contributed by atoms with E-state index in [1.165, 1.54) is 0 Å². The predicted octanol–water partition coefficient (Wildman–Crippen LogP) is 3.02. The van der Waals surface area contributed by atoms with Gasteiger partial charge in [-0.2, -0.15) is 5.10 Å². The molecule has 1 aliphatic carbocycles. The maximum atomic E-state index is 13.0. The van der Waals surface area contributed by atoms with Crippen LogP contribution in [0.5, 0.6) is 0 Å². The third kappa shape index (κ3) is 3.79. The minimum absolute atomic E-state index is 0.0508. The van der Waals surface area contributed by atoms with Crippen molar-refractivity contribution in [2.45, 2.75) is 44.7 Å². The fourth-order valence-corrected chi connectivity index (χ4v) is 4.55. The molecule has 1 aliphatic heterocycles. The lowest BCUT2D eigenvalue weighted by atomic mass is 9.73. The van der Waals surface area contributed by atoms with Crippen molar-refractivity contribution in [3.8, 4) is 0 Å². The Kier molecular flexibility index (Phi) is 5.51. The van der Waals surface area contributed by atoms with Gasteiger partial charge >= 0.3 is 6.03 Å². The number of anilines is 1. The quantitative estimate of drug-likeness (QED) is 0.714. The largest absolute Gasteiger partial charge is 0.325 e. The lowest BCUT2D eigenvalue weighted by Crippen LogP contribution is -2.54. The molecule has 8 nitrogen and oxygen atoms in total. The molecule has 2 heterocycles. The fourth-order valence-electron chi connectivity index (χ4n) is 4.34. The second-order valence-corrected chi connectivity index (χ2v) is 8.43. The van der Waals surface area contributed by atoms with Crippen molar-refractivity contribution in [1.82, 2.24) is 20.0 Å². The number of imide groups is 1. The van der Waals surface area contributed by atoms with Crippen molar-refractivity contribution in [2.24, 2.45) is 5.92 Å². The number of hydrogen-bond acceptors (Lipinski definition) is 4. The molecular weight excluding hydrogens is 406 g/mol. The van der Waals surface area contributed by atoms with Crippen LogP contribution in [-0.2, 0) is 16.1 Å². The van der Waals surface area contributed by atoms with E-state index in [1.54, 1.807) is 23.0 Å². The highest BCUT2D eigenvalue weighted by Crippen LogP contribution is 2.38. The van der Waals surface area contributed by atoms with Crippen LogP contribution >= 0.6 is 11.6 Å². The van der Waals surface area contributed by atoms with Gasteiger partial charge in [0.2, 0.25) is 5.91 Å². The molecular formula is C21H24ClN5O3. The van der Waals surface area contributed by atoms with Crippen molar-refractivity contribution in [3.05, 3.63) is 47.1 Å². The van der Waals surface area contributed by atoms with Gasteiger partial charge in [0.25, 0.3) is 5.91 Å². The van der Waals surface area contributed by atoms with Gasteiger partial charge in [-0.25, -0.2) is 9.48 Å². The van der Waals surface area contributed by atoms with E-state index in [9.17, 15) is 14.4 Å². The van der Waals surface area contributed by atoms with Crippen LogP contribution in [0.25, 0.3) is 0 Å². The molecule has 0 radical (unpaired) electrons. The van der Waals surface area contributed by atoms with E-state index in [0.717, 1.165) is 29.7 Å². The van der Waals surface area contributed by atoms with Crippen molar-refractivity contribution in [1.29, 1.82) is 0 Å². The molecule has 2 aliphatic rings. The number of aromatic nitrogens is 2. The number of rotatable bonds is 5. The number of nitrogens with one attached hydrogen (secondary N) is 2. The van der Waals surface area contributed by atoms with Crippen molar-refractivity contribution < 1.29 is 14.4 Å². The van der Waals surface area contributed by atoms with Gasteiger partial charge in [-0.1, -0.05) is 43.5 Å². The van der Waals surface area contributed by atoms with Crippen LogP contribution in [0.1, 0.15) is 38.2 Å². The molecule has 0 bridgehead atoms. The van der Waals surface area contributed by atoms with Gasteiger partial charge in [0.05, 0.1) is 12.7 Å². The summed E-state index contributed by atoms with van der Waals surface area (Å²) in [6.07, 6.45) is 5.01. The Hall–Kier alpha value is -2.87. The van der Waals surface area contributed by atoms with Gasteiger partial charge in [0.1, 0.15) is 17.9 Å². The molecule has 2 unspecified atom stereocenters. The van der Waals surface area contributed by atoms with E-state index in [4.69, 9.17) is 11.6 Å². The molecule has 1 saturated carbocycles. The number of hydrogen-bond donors (Lipinski definition) is 2. The van der Waals surface area contributed by atoms with Crippen LogP contribution in [0.4, 0.5) is 10.6 Å². The Bertz CT molecular complexity index is 991. The van der Waals surface area contributed by atoms with Crippen LogP contribution < -0.4 is 10.6 Å². The zero-order valence-corrected chi connectivity index (χ0v) is 17.5. The van der Waals surface area contributed by atoms with Gasteiger partial charge in [0, 0.05) is 11.1 Å². The van der Waals surface area contributed by atoms with E-state index in [1.807, 2.05) is 25.1 Å². The molecule has 2 aromatic rings. The SMILES string of the molecule is CC1CCCCC12NC(=O)N(CC(=O)Nc1ccnn1Cc1cccc(Cl)c1)C2=O. The van der Waals surface area contributed by atoms with Crippen molar-refractivity contribution in [2.75, 3.05) is 11.9 Å². The Morgan fingerprint density at radius 1 is 1.33 bits per heavy atom. The standard InChI is InChI=1S/C21H24ClN5O3/c1-14-5-2-3-9-21(14)19(29)26(20(30)25-21)13-18(28)24-17-8-10-23-27(17)12-15-6-4-7-16(22)11-15/h4,6-8,10-11,14H,2-3,5,9,12-13H2,1H3,(H,24,28)(H,25,30). The predicted molar refractivity (Wildman–Crippen MR) is 112 cm³/mol. The summed E-state index contributed by atoms with van der Waals surface area (Å²) in [4.78, 5) is 39.1. The first kappa shape index (κ1) is 20.4. The summed E-state index contributed by atoms with van der Waals surface area (Å²) in [6.45, 7) is 2.07. The molecule has 2 fully saturated rings. The Balaban J connectivity index is 1.43. The van der Waals surface area contributed by atoms with E-state index in [0.29, 0.717) is 23.8 Å². The van der Waals surface area contributed by atoms with Crippen molar-refractivity contribution >= 4 is 35.3 Å². The van der Waals surface area contributed by atoms with Gasteiger partial charge in [-0.3, -0.25) is 14.5 Å². The van der Waals surface area contributed by atoms with Crippen LogP contribution in [0.2, 0.25) is 5.02 Å². The van der Waals surface area contributed by atoms with Gasteiger partial charge in [-0.15, -0.1) is 0 Å². The summed E-state index contributed by atoms with van der Waals surface area (Å²) >= 11 is 6.03. The summed E-state index contributed by atoms with van der Waals surface area (Å²) in [6, 6.07) is 8.54. The Labute approximate surface area is 179 Å². The normalized spacial score (nSPS) is 23.7. The third-order valence-electron chi connectivity index (χ3n) is 6.01. The number of carbonyl (C=O) groups excluding carboxylic acids is 3. The lowest BCUT2D eigenvalue weighted by molar-refractivity contribution is -0.136. The summed E-state index contributed by atoms with van der Waals surface area (Å²) in [5, 5.41) is 10.5. The summed E-state index contributed by atoms with van der Waals surface area (Å²) in [7, 11) is 0. The summed E-state index contributed by atoms with van der Waals surface area (Å²) in [5.41, 5.74) is 0.0632. The van der Waals surface area contributed by atoms with E-state index in [-0.39, 0.29) is 18.4 Å². The molecule has 4 rings (SSSR count). The second-order valence-electron chi connectivity index (χ2n) is 7.99. The number of halogens is 1. The van der Waals surface area contributed by atoms with Gasteiger partial charge in [-0.05, 0) is 36.5 Å². The lowest BCUT2D eigenvalue weighted by Gasteiger charge is -2.36. The van der Waals surface area contributed by atoms with Gasteiger partial charge in [0.15, 0.2) is 0 Å². The van der Waals surface area contributed by atoms with Crippen LogP contribution in [-0.4, -0.2) is 44.6 Å².